The molecule has 3 rings (SSSR count). The fraction of sp³-hybridized carbons (Fsp3) is 0.632. The number of likely N-dealkylation sites (N-methyl/N-ethyl adjacent to an activating group) is 1. The largest absolute Gasteiger partial charge is 0.339 e. The minimum atomic E-state index is -0.215. The fourth-order valence-corrected chi connectivity index (χ4v) is 3.86. The minimum absolute atomic E-state index is 0.120. The molecule has 6 heteroatoms. The summed E-state index contributed by atoms with van der Waals surface area (Å²) < 4.78 is 1.94. The molecule has 2 amide bonds. The first-order chi connectivity index (χ1) is 11.9. The number of carbonyl (C=O) groups excluding carboxylic acids is 2. The van der Waals surface area contributed by atoms with Gasteiger partial charge < -0.3 is 14.4 Å². The molecule has 6 nitrogen and oxygen atoms in total. The highest BCUT2D eigenvalue weighted by atomic mass is 16.2. The van der Waals surface area contributed by atoms with Gasteiger partial charge in [0.05, 0.1) is 30.2 Å². The number of aryl methyl sites for hydroxylation is 1. The second-order valence-corrected chi connectivity index (χ2v) is 7.36. The first kappa shape index (κ1) is 17.7. The summed E-state index contributed by atoms with van der Waals surface area (Å²) in [5, 5.41) is 0. The number of aromatic nitrogens is 2. The van der Waals surface area contributed by atoms with Crippen LogP contribution in [0.1, 0.15) is 51.3 Å². The monoisotopic (exact) mass is 344 g/mol. The van der Waals surface area contributed by atoms with Gasteiger partial charge in [0.15, 0.2) is 0 Å². The van der Waals surface area contributed by atoms with Crippen molar-refractivity contribution in [2.45, 2.75) is 51.6 Å². The number of likely N-dealkylation sites (tertiary alicyclic amines) is 1. The molecule has 0 aromatic carbocycles. The predicted octanol–water partition coefficient (Wildman–Crippen LogP) is 2.29. The third kappa shape index (κ3) is 3.48. The molecule has 2 aliphatic rings. The Balaban J connectivity index is 1.95. The summed E-state index contributed by atoms with van der Waals surface area (Å²) in [6, 6.07) is 0.0622. The van der Waals surface area contributed by atoms with Gasteiger partial charge in [0.1, 0.15) is 0 Å². The molecule has 2 heterocycles. The van der Waals surface area contributed by atoms with E-state index >= 15 is 0 Å². The van der Waals surface area contributed by atoms with Gasteiger partial charge in [-0.15, -0.1) is 0 Å². The zero-order chi connectivity index (χ0) is 18.1. The van der Waals surface area contributed by atoms with Crippen LogP contribution in [0.5, 0.6) is 0 Å². The summed E-state index contributed by atoms with van der Waals surface area (Å²) in [5.41, 5.74) is 1.92. The highest BCUT2D eigenvalue weighted by molar-refractivity contribution is 5.85. The number of hydrogen-bond acceptors (Lipinski definition) is 3. The van der Waals surface area contributed by atoms with Crippen molar-refractivity contribution >= 4 is 11.8 Å². The van der Waals surface area contributed by atoms with Crippen LogP contribution >= 0.6 is 0 Å². The minimum Gasteiger partial charge on any atom is -0.339 e. The Morgan fingerprint density at radius 1 is 1.40 bits per heavy atom. The lowest BCUT2D eigenvalue weighted by molar-refractivity contribution is -0.148. The summed E-state index contributed by atoms with van der Waals surface area (Å²) in [4.78, 5) is 34.0. The van der Waals surface area contributed by atoms with Crippen molar-refractivity contribution in [1.29, 1.82) is 0 Å². The van der Waals surface area contributed by atoms with Crippen molar-refractivity contribution in [3.05, 3.63) is 30.4 Å². The van der Waals surface area contributed by atoms with Gasteiger partial charge in [-0.3, -0.25) is 9.59 Å². The number of nitrogens with zero attached hydrogens (tertiary/aromatic N) is 4. The molecule has 1 aliphatic carbocycles. The average molecular weight is 344 g/mol. The van der Waals surface area contributed by atoms with Gasteiger partial charge in [0.2, 0.25) is 11.8 Å². The second-order valence-electron chi connectivity index (χ2n) is 7.36. The van der Waals surface area contributed by atoms with Crippen molar-refractivity contribution in [2.24, 2.45) is 13.0 Å². The van der Waals surface area contributed by atoms with Crippen molar-refractivity contribution in [3.63, 3.8) is 0 Å². The summed E-state index contributed by atoms with van der Waals surface area (Å²) >= 11 is 0. The molecule has 1 aromatic heterocycles. The van der Waals surface area contributed by atoms with Crippen LogP contribution in [-0.4, -0.2) is 50.3 Å². The first-order valence-electron chi connectivity index (χ1n) is 9.14. The van der Waals surface area contributed by atoms with Crippen molar-refractivity contribution in [3.8, 4) is 0 Å². The number of carbonyl (C=O) groups is 2. The molecule has 0 spiro atoms. The average Bonchev–Trinajstić information content (AvgIpc) is 3.32. The maximum absolute atomic E-state index is 13.3. The molecule has 25 heavy (non-hydrogen) atoms. The van der Waals surface area contributed by atoms with E-state index in [0.29, 0.717) is 25.9 Å². The van der Waals surface area contributed by atoms with Crippen LogP contribution < -0.4 is 0 Å². The maximum atomic E-state index is 13.3. The summed E-state index contributed by atoms with van der Waals surface area (Å²) in [5.74, 6) is 0.0727. The zero-order valence-electron chi connectivity index (χ0n) is 15.4. The Morgan fingerprint density at radius 3 is 2.64 bits per heavy atom. The number of piperidine rings is 1. The summed E-state index contributed by atoms with van der Waals surface area (Å²) in [6.45, 7) is 9.10. The highest BCUT2D eigenvalue weighted by Crippen LogP contribution is 2.44. The smallest absolute Gasteiger partial charge is 0.228 e. The van der Waals surface area contributed by atoms with E-state index in [0.717, 1.165) is 24.1 Å². The first-order valence-corrected chi connectivity index (χ1v) is 9.14. The SMILES string of the molecule is C=C(C)CN(CC)C(=O)[C@@H]1CCC(=O)N(C2CC2)[C@H]1c1cncn1C. The lowest BCUT2D eigenvalue weighted by Crippen LogP contribution is -2.50. The van der Waals surface area contributed by atoms with Crippen LogP contribution in [0.3, 0.4) is 0 Å². The second kappa shape index (κ2) is 7.02. The molecular weight excluding hydrogens is 316 g/mol. The molecule has 1 saturated carbocycles. The Hall–Kier alpha value is -2.11. The molecule has 0 bridgehead atoms. The van der Waals surface area contributed by atoms with E-state index in [9.17, 15) is 9.59 Å². The molecular formula is C19H28N4O2. The topological polar surface area (TPSA) is 58.4 Å². The Morgan fingerprint density at radius 2 is 2.12 bits per heavy atom. The molecule has 0 unspecified atom stereocenters. The maximum Gasteiger partial charge on any atom is 0.228 e. The number of rotatable bonds is 6. The Kier molecular flexibility index (Phi) is 4.97. The van der Waals surface area contributed by atoms with Crippen molar-refractivity contribution in [1.82, 2.24) is 19.4 Å². The van der Waals surface area contributed by atoms with E-state index in [4.69, 9.17) is 0 Å². The third-order valence-electron chi connectivity index (χ3n) is 5.21. The third-order valence-corrected chi connectivity index (χ3v) is 5.21. The van der Waals surface area contributed by atoms with Gasteiger partial charge in [0.25, 0.3) is 0 Å². The summed E-state index contributed by atoms with van der Waals surface area (Å²) in [6.07, 6.45) is 6.66. The van der Waals surface area contributed by atoms with E-state index in [1.54, 1.807) is 12.5 Å². The van der Waals surface area contributed by atoms with Gasteiger partial charge in [-0.05, 0) is 33.1 Å². The van der Waals surface area contributed by atoms with E-state index in [2.05, 4.69) is 11.6 Å². The molecule has 1 saturated heterocycles. The van der Waals surface area contributed by atoms with E-state index < -0.39 is 0 Å². The molecule has 1 aromatic rings. The van der Waals surface area contributed by atoms with Crippen LogP contribution in [0.15, 0.2) is 24.7 Å². The van der Waals surface area contributed by atoms with Crippen LogP contribution in [0.4, 0.5) is 0 Å². The molecule has 2 fully saturated rings. The molecule has 136 valence electrons. The lowest BCUT2D eigenvalue weighted by Gasteiger charge is -2.42. The van der Waals surface area contributed by atoms with Gasteiger partial charge >= 0.3 is 0 Å². The molecule has 0 N–H and O–H groups in total. The van der Waals surface area contributed by atoms with Crippen LogP contribution in [0.2, 0.25) is 0 Å². The van der Waals surface area contributed by atoms with E-state index in [1.807, 2.05) is 35.3 Å². The molecule has 2 atom stereocenters. The van der Waals surface area contributed by atoms with Crippen LogP contribution in [0, 0.1) is 5.92 Å². The van der Waals surface area contributed by atoms with E-state index in [1.165, 1.54) is 0 Å². The van der Waals surface area contributed by atoms with Crippen molar-refractivity contribution in [2.75, 3.05) is 13.1 Å². The van der Waals surface area contributed by atoms with Crippen molar-refractivity contribution < 1.29 is 9.59 Å². The Labute approximate surface area is 149 Å². The van der Waals surface area contributed by atoms with Gasteiger partial charge in [-0.1, -0.05) is 12.2 Å². The highest BCUT2D eigenvalue weighted by Gasteiger charge is 2.48. The summed E-state index contributed by atoms with van der Waals surface area (Å²) in [7, 11) is 1.93. The number of hydrogen-bond donors (Lipinski definition) is 0. The molecule has 1 aliphatic heterocycles. The van der Waals surface area contributed by atoms with Crippen LogP contribution in [0.25, 0.3) is 0 Å². The number of imidazole rings is 1. The van der Waals surface area contributed by atoms with Gasteiger partial charge in [-0.2, -0.15) is 0 Å². The molecule has 0 radical (unpaired) electrons. The fourth-order valence-electron chi connectivity index (χ4n) is 3.86. The van der Waals surface area contributed by atoms with Crippen LogP contribution in [-0.2, 0) is 16.6 Å². The predicted molar refractivity (Wildman–Crippen MR) is 95.6 cm³/mol. The van der Waals surface area contributed by atoms with Gasteiger partial charge in [-0.25, -0.2) is 4.98 Å². The lowest BCUT2D eigenvalue weighted by atomic mass is 9.85. The van der Waals surface area contributed by atoms with E-state index in [-0.39, 0.29) is 29.8 Å². The van der Waals surface area contributed by atoms with Gasteiger partial charge in [0, 0.05) is 32.6 Å². The number of amides is 2. The zero-order valence-corrected chi connectivity index (χ0v) is 15.4. The quantitative estimate of drug-likeness (QED) is 0.744. The Bertz CT molecular complexity index is 677. The normalized spacial score (nSPS) is 23.6. The standard InChI is InChI=1S/C19H28N4O2/c1-5-22(11-13(2)3)19(25)15-8-9-17(24)23(14-6-7-14)18(15)16-10-20-12-21(16)4/h10,12,14-15,18H,2,5-9,11H2,1,3-4H3/t15-,18-/m1/s1.